The molecule has 1 aliphatic carbocycles. The van der Waals surface area contributed by atoms with Crippen LogP contribution in [-0.2, 0) is 6.54 Å². The van der Waals surface area contributed by atoms with Crippen molar-refractivity contribution in [2.45, 2.75) is 31.7 Å². The average Bonchev–Trinajstić information content (AvgIpc) is 3.16. The Labute approximate surface area is 141 Å². The molecule has 1 aliphatic rings. The molecule has 0 aromatic carbocycles. The fraction of sp³-hybridized carbons (Fsp3) is 0.375. The van der Waals surface area contributed by atoms with E-state index in [9.17, 15) is 13.6 Å². The lowest BCUT2D eigenvalue weighted by Gasteiger charge is -2.15. The van der Waals surface area contributed by atoms with Gasteiger partial charge in [-0.1, -0.05) is 0 Å². The summed E-state index contributed by atoms with van der Waals surface area (Å²) in [4.78, 5) is 18.6. The van der Waals surface area contributed by atoms with E-state index in [4.69, 9.17) is 0 Å². The summed E-state index contributed by atoms with van der Waals surface area (Å²) < 4.78 is 27.8. The number of hydrogen-bond donors (Lipinski definition) is 1. The predicted molar refractivity (Wildman–Crippen MR) is 84.3 cm³/mol. The Kier molecular flexibility index (Phi) is 3.70. The second-order valence-corrected chi connectivity index (χ2v) is 6.22. The van der Waals surface area contributed by atoms with Crippen LogP contribution >= 0.6 is 0 Å². The highest BCUT2D eigenvalue weighted by atomic mass is 19.3. The molecule has 9 heteroatoms. The van der Waals surface area contributed by atoms with E-state index in [1.807, 2.05) is 0 Å². The van der Waals surface area contributed by atoms with E-state index in [1.54, 1.807) is 19.3 Å². The van der Waals surface area contributed by atoms with Crippen LogP contribution in [0.25, 0.3) is 5.65 Å². The number of halogens is 2. The first-order chi connectivity index (χ1) is 12.0. The van der Waals surface area contributed by atoms with E-state index in [-0.39, 0.29) is 28.7 Å². The van der Waals surface area contributed by atoms with Crippen LogP contribution < -0.4 is 0 Å². The summed E-state index contributed by atoms with van der Waals surface area (Å²) in [6.45, 7) is 0.320. The van der Waals surface area contributed by atoms with E-state index in [2.05, 4.69) is 20.3 Å². The summed E-state index contributed by atoms with van der Waals surface area (Å²) >= 11 is 0. The average molecular weight is 346 g/mol. The molecular weight excluding hydrogens is 330 g/mol. The number of fused-ring (bicyclic) bond motifs is 1. The number of H-pyrrole nitrogens is 1. The number of carbonyl (C=O) groups excluding carboxylic acids is 1. The Morgan fingerprint density at radius 1 is 1.48 bits per heavy atom. The molecule has 3 aromatic rings. The molecule has 0 saturated heterocycles. The van der Waals surface area contributed by atoms with Gasteiger partial charge < -0.3 is 4.90 Å². The molecule has 0 bridgehead atoms. The zero-order valence-corrected chi connectivity index (χ0v) is 13.5. The summed E-state index contributed by atoms with van der Waals surface area (Å²) in [7, 11) is 1.63. The van der Waals surface area contributed by atoms with Crippen molar-refractivity contribution in [1.29, 1.82) is 0 Å². The van der Waals surface area contributed by atoms with Crippen molar-refractivity contribution in [1.82, 2.24) is 29.7 Å². The number of nitrogens with zero attached hydrogens (tertiary/aromatic N) is 5. The summed E-state index contributed by atoms with van der Waals surface area (Å²) in [6.07, 6.45) is 2.08. The standard InChI is InChI=1S/C16H16F2N6O/c1-23(8-10-4-5-19-22-10)16(25)11-7-20-24-13(14(17)18)6-12(9-2-3-9)21-15(11)24/h4-7,9,14H,2-3,8H2,1H3,(H,19,22). The van der Waals surface area contributed by atoms with Crippen LogP contribution in [0.15, 0.2) is 24.5 Å². The van der Waals surface area contributed by atoms with Gasteiger partial charge in [0.1, 0.15) is 11.3 Å². The van der Waals surface area contributed by atoms with Crippen LogP contribution in [0.4, 0.5) is 8.78 Å². The Balaban J connectivity index is 1.72. The van der Waals surface area contributed by atoms with Crippen molar-refractivity contribution >= 4 is 11.6 Å². The SMILES string of the molecule is CN(Cc1ccn[nH]1)C(=O)c1cnn2c(C(F)F)cc(C3CC3)nc12. The number of alkyl halides is 2. The quantitative estimate of drug-likeness (QED) is 0.770. The topological polar surface area (TPSA) is 79.2 Å². The minimum absolute atomic E-state index is 0.182. The van der Waals surface area contributed by atoms with Crippen molar-refractivity contribution in [3.05, 3.63) is 47.2 Å². The van der Waals surface area contributed by atoms with Crippen molar-refractivity contribution in [3.8, 4) is 0 Å². The number of aromatic amines is 1. The van der Waals surface area contributed by atoms with Crippen LogP contribution in [0.3, 0.4) is 0 Å². The van der Waals surface area contributed by atoms with Crippen molar-refractivity contribution in [2.24, 2.45) is 0 Å². The van der Waals surface area contributed by atoms with Crippen LogP contribution in [-0.4, -0.2) is 42.7 Å². The molecule has 25 heavy (non-hydrogen) atoms. The van der Waals surface area contributed by atoms with Crippen LogP contribution in [0.5, 0.6) is 0 Å². The second-order valence-electron chi connectivity index (χ2n) is 6.22. The smallest absolute Gasteiger partial charge is 0.280 e. The Morgan fingerprint density at radius 2 is 2.28 bits per heavy atom. The summed E-state index contributed by atoms with van der Waals surface area (Å²) in [5.41, 5.74) is 1.54. The van der Waals surface area contributed by atoms with Gasteiger partial charge in [0.15, 0.2) is 5.65 Å². The Hall–Kier alpha value is -2.84. The molecule has 0 spiro atoms. The highest BCUT2D eigenvalue weighted by molar-refractivity contribution is 5.99. The maximum Gasteiger partial charge on any atom is 0.280 e. The molecule has 130 valence electrons. The van der Waals surface area contributed by atoms with Crippen LogP contribution in [0.1, 0.15) is 52.6 Å². The third-order valence-corrected chi connectivity index (χ3v) is 4.28. The van der Waals surface area contributed by atoms with Gasteiger partial charge in [-0.15, -0.1) is 0 Å². The zero-order valence-electron chi connectivity index (χ0n) is 13.5. The molecule has 0 atom stereocenters. The molecule has 3 heterocycles. The van der Waals surface area contributed by atoms with Gasteiger partial charge in [0.05, 0.1) is 18.4 Å². The maximum absolute atomic E-state index is 13.4. The molecule has 1 amide bonds. The van der Waals surface area contributed by atoms with Crippen LogP contribution in [0.2, 0.25) is 0 Å². The number of hydrogen-bond acceptors (Lipinski definition) is 4. The van der Waals surface area contributed by atoms with E-state index < -0.39 is 6.43 Å². The first kappa shape index (κ1) is 15.7. The Morgan fingerprint density at radius 3 is 2.92 bits per heavy atom. The number of aromatic nitrogens is 5. The number of nitrogens with one attached hydrogen (secondary N) is 1. The molecule has 0 radical (unpaired) electrons. The fourth-order valence-corrected chi connectivity index (χ4v) is 2.81. The van der Waals surface area contributed by atoms with Gasteiger partial charge in [-0.05, 0) is 25.0 Å². The van der Waals surface area contributed by atoms with Gasteiger partial charge in [0, 0.05) is 24.9 Å². The highest BCUT2D eigenvalue weighted by Gasteiger charge is 2.29. The van der Waals surface area contributed by atoms with E-state index in [0.717, 1.165) is 23.1 Å². The first-order valence-electron chi connectivity index (χ1n) is 7.95. The molecule has 0 unspecified atom stereocenters. The van der Waals surface area contributed by atoms with Gasteiger partial charge in [-0.3, -0.25) is 9.89 Å². The third-order valence-electron chi connectivity index (χ3n) is 4.28. The largest absolute Gasteiger partial charge is 0.336 e. The lowest BCUT2D eigenvalue weighted by molar-refractivity contribution is 0.0785. The second kappa shape index (κ2) is 5.91. The van der Waals surface area contributed by atoms with Gasteiger partial charge in [0.2, 0.25) is 0 Å². The molecule has 1 fully saturated rings. The number of amides is 1. The van der Waals surface area contributed by atoms with E-state index >= 15 is 0 Å². The minimum Gasteiger partial charge on any atom is -0.336 e. The summed E-state index contributed by atoms with van der Waals surface area (Å²) in [5, 5.41) is 10.6. The van der Waals surface area contributed by atoms with Gasteiger partial charge in [0.25, 0.3) is 12.3 Å². The lowest BCUT2D eigenvalue weighted by Crippen LogP contribution is -2.26. The molecule has 1 N–H and O–H groups in total. The minimum atomic E-state index is -2.69. The third kappa shape index (κ3) is 2.86. The van der Waals surface area contributed by atoms with Crippen molar-refractivity contribution < 1.29 is 13.6 Å². The predicted octanol–water partition coefficient (Wildman–Crippen LogP) is 2.54. The molecule has 3 aromatic heterocycles. The normalized spacial score (nSPS) is 14.4. The molecule has 4 rings (SSSR count). The lowest BCUT2D eigenvalue weighted by atomic mass is 10.2. The van der Waals surface area contributed by atoms with E-state index in [1.165, 1.54) is 17.2 Å². The molecule has 0 aliphatic heterocycles. The highest BCUT2D eigenvalue weighted by Crippen LogP contribution is 2.40. The monoisotopic (exact) mass is 346 g/mol. The summed E-state index contributed by atoms with van der Waals surface area (Å²) in [6, 6.07) is 3.16. The van der Waals surface area contributed by atoms with Crippen LogP contribution in [0, 0.1) is 0 Å². The van der Waals surface area contributed by atoms with Gasteiger partial charge in [-0.2, -0.15) is 10.2 Å². The van der Waals surface area contributed by atoms with Gasteiger partial charge in [-0.25, -0.2) is 18.3 Å². The van der Waals surface area contributed by atoms with Crippen molar-refractivity contribution in [3.63, 3.8) is 0 Å². The fourth-order valence-electron chi connectivity index (χ4n) is 2.81. The number of carbonyl (C=O) groups is 1. The number of rotatable bonds is 5. The van der Waals surface area contributed by atoms with Crippen molar-refractivity contribution in [2.75, 3.05) is 7.05 Å². The van der Waals surface area contributed by atoms with E-state index in [0.29, 0.717) is 12.2 Å². The molecular formula is C16H16F2N6O. The Bertz CT molecular complexity index is 916. The maximum atomic E-state index is 13.4. The molecule has 1 saturated carbocycles. The molecule has 7 nitrogen and oxygen atoms in total. The first-order valence-corrected chi connectivity index (χ1v) is 7.95. The summed E-state index contributed by atoms with van der Waals surface area (Å²) in [5.74, 6) is -0.131. The van der Waals surface area contributed by atoms with Gasteiger partial charge >= 0.3 is 0 Å². The zero-order chi connectivity index (χ0) is 17.6.